The van der Waals surface area contributed by atoms with Crippen LogP contribution in [0.4, 0.5) is 0 Å². The molecule has 172 valence electrons. The molecule has 0 saturated carbocycles. The van der Waals surface area contributed by atoms with E-state index in [2.05, 4.69) is 63.4 Å². The first kappa shape index (κ1) is 27.0. The molecule has 0 aliphatic rings. The van der Waals surface area contributed by atoms with Gasteiger partial charge in [-0.1, -0.05) is 114 Å². The second-order valence-electron chi connectivity index (χ2n) is 10.2. The van der Waals surface area contributed by atoms with Gasteiger partial charge in [-0.15, -0.1) is 0 Å². The summed E-state index contributed by atoms with van der Waals surface area (Å²) in [7, 11) is -3.37. The fraction of sp³-hybridized carbons (Fsp3) is 0.720. The maximum absolute atomic E-state index is 8.11. The van der Waals surface area contributed by atoms with Gasteiger partial charge in [0, 0.05) is 0 Å². The molecule has 0 unspecified atom stereocenters. The van der Waals surface area contributed by atoms with E-state index in [1.165, 1.54) is 69.4 Å². The molecular weight excluding hydrogens is 402 g/mol. The van der Waals surface area contributed by atoms with Gasteiger partial charge in [0.2, 0.25) is 8.32 Å². The molecular formula is C25H47NO2Si2. The Morgan fingerprint density at radius 3 is 1.90 bits per heavy atom. The summed E-state index contributed by atoms with van der Waals surface area (Å²) in [5.74, 6) is 0. The molecule has 5 heteroatoms. The van der Waals surface area contributed by atoms with Crippen LogP contribution in [0.1, 0.15) is 76.7 Å². The number of nitrogens with one attached hydrogen (secondary N) is 1. The third kappa shape index (κ3) is 14.0. The fourth-order valence-electron chi connectivity index (χ4n) is 4.43. The highest BCUT2D eigenvalue weighted by Crippen LogP contribution is 2.24. The van der Waals surface area contributed by atoms with E-state index < -0.39 is 16.4 Å². The van der Waals surface area contributed by atoms with E-state index in [1.54, 1.807) is 0 Å². The Hall–Kier alpha value is -1.08. The lowest BCUT2D eigenvalue weighted by atomic mass is 10.1. The van der Waals surface area contributed by atoms with Gasteiger partial charge in [0.15, 0.2) is 0 Å². The van der Waals surface area contributed by atoms with E-state index in [9.17, 15) is 0 Å². The van der Waals surface area contributed by atoms with Crippen molar-refractivity contribution in [1.82, 2.24) is 0 Å². The maximum atomic E-state index is 8.11. The molecule has 0 atom stereocenters. The Kier molecular flexibility index (Phi) is 13.3. The summed E-state index contributed by atoms with van der Waals surface area (Å²) in [6.07, 6.45) is 13.2. The summed E-state index contributed by atoms with van der Waals surface area (Å²) in [6, 6.07) is 11.9. The van der Waals surface area contributed by atoms with Crippen molar-refractivity contribution in [3.8, 4) is 0 Å². The van der Waals surface area contributed by atoms with Crippen molar-refractivity contribution in [1.29, 1.82) is 5.41 Å². The highest BCUT2D eigenvalue weighted by atomic mass is 28.4. The zero-order chi connectivity index (χ0) is 22.3. The molecule has 1 aromatic carbocycles. The van der Waals surface area contributed by atoms with Crippen LogP contribution < -0.4 is 0 Å². The Labute approximate surface area is 188 Å². The number of unbranched alkanes of at least 4 members (excludes halogenated alkanes) is 9. The smallest absolute Gasteiger partial charge is 0.366 e. The number of hydrogen-bond donors (Lipinski definition) is 1. The first-order valence-corrected chi connectivity index (χ1v) is 18.7. The van der Waals surface area contributed by atoms with Crippen LogP contribution in [-0.2, 0) is 15.2 Å². The minimum atomic E-state index is -1.94. The summed E-state index contributed by atoms with van der Waals surface area (Å²) < 4.78 is 11.6. The zero-order valence-electron chi connectivity index (χ0n) is 20.4. The summed E-state index contributed by atoms with van der Waals surface area (Å²) in [4.78, 5) is 0. The number of hydrogen-bond acceptors (Lipinski definition) is 3. The molecule has 1 aromatic rings. The van der Waals surface area contributed by atoms with Gasteiger partial charge < -0.3 is 9.16 Å². The van der Waals surface area contributed by atoms with Crippen molar-refractivity contribution in [2.75, 3.05) is 6.61 Å². The molecule has 3 nitrogen and oxygen atoms in total. The fourth-order valence-corrected chi connectivity index (χ4v) is 16.3. The van der Waals surface area contributed by atoms with Crippen LogP contribution in [0.2, 0.25) is 31.9 Å². The molecule has 0 amide bonds. The van der Waals surface area contributed by atoms with E-state index in [0.717, 1.165) is 12.1 Å². The Morgan fingerprint density at radius 2 is 1.33 bits per heavy atom. The standard InChI is InChI=1S/C25H47NO2Si2/c1-6-7-8-9-10-11-12-13-14-18-21-27-25(26)28-30(4,5)23-29(2,3)22-24-19-16-15-17-20-24/h15-17,19-20,26H,6-14,18,21-23H2,1-5H3. The molecule has 0 bridgehead atoms. The maximum Gasteiger partial charge on any atom is 0.366 e. The molecule has 0 spiro atoms. The van der Waals surface area contributed by atoms with Crippen molar-refractivity contribution in [3.63, 3.8) is 0 Å². The zero-order valence-corrected chi connectivity index (χ0v) is 22.4. The second kappa shape index (κ2) is 14.8. The predicted octanol–water partition coefficient (Wildman–Crippen LogP) is 8.11. The first-order valence-electron chi connectivity index (χ1n) is 12.2. The largest absolute Gasteiger partial charge is 0.506 e. The van der Waals surface area contributed by atoms with Crippen LogP contribution >= 0.6 is 0 Å². The normalized spacial score (nSPS) is 12.0. The molecule has 1 N–H and O–H groups in total. The highest BCUT2D eigenvalue weighted by molar-refractivity contribution is 6.92. The van der Waals surface area contributed by atoms with Gasteiger partial charge in [-0.2, -0.15) is 0 Å². The predicted molar refractivity (Wildman–Crippen MR) is 137 cm³/mol. The summed E-state index contributed by atoms with van der Waals surface area (Å²) in [5.41, 5.74) is 2.56. The summed E-state index contributed by atoms with van der Waals surface area (Å²) in [5, 5.41) is 8.11. The average Bonchev–Trinajstić information content (AvgIpc) is 2.65. The molecule has 0 radical (unpaired) electrons. The Bertz CT molecular complexity index is 576. The van der Waals surface area contributed by atoms with Crippen molar-refractivity contribution in [3.05, 3.63) is 35.9 Å². The van der Waals surface area contributed by atoms with E-state index in [4.69, 9.17) is 14.6 Å². The quantitative estimate of drug-likeness (QED) is 0.120. The molecule has 0 aliphatic carbocycles. The minimum absolute atomic E-state index is 0.0482. The van der Waals surface area contributed by atoms with Crippen LogP contribution in [0, 0.1) is 5.41 Å². The van der Waals surface area contributed by atoms with Crippen LogP contribution in [-0.4, -0.2) is 29.1 Å². The summed E-state index contributed by atoms with van der Waals surface area (Å²) >= 11 is 0. The van der Waals surface area contributed by atoms with Crippen LogP contribution in [0.3, 0.4) is 0 Å². The highest BCUT2D eigenvalue weighted by Gasteiger charge is 2.36. The van der Waals surface area contributed by atoms with Gasteiger partial charge in [0.05, 0.1) is 14.7 Å². The van der Waals surface area contributed by atoms with Crippen molar-refractivity contribution >= 4 is 22.5 Å². The lowest BCUT2D eigenvalue weighted by molar-refractivity contribution is 0.222. The van der Waals surface area contributed by atoms with Crippen molar-refractivity contribution in [2.45, 2.75) is 109 Å². The Balaban J connectivity index is 2.14. The SMILES string of the molecule is CCCCCCCCCCCCOC(=N)O[Si](C)(C)C[Si](C)(C)Cc1ccccc1. The number of benzene rings is 1. The van der Waals surface area contributed by atoms with E-state index in [1.807, 2.05) is 0 Å². The molecule has 1 rings (SSSR count). The monoisotopic (exact) mass is 449 g/mol. The minimum Gasteiger partial charge on any atom is -0.506 e. The van der Waals surface area contributed by atoms with Gasteiger partial charge in [0.1, 0.15) is 0 Å². The van der Waals surface area contributed by atoms with Crippen LogP contribution in [0.5, 0.6) is 0 Å². The van der Waals surface area contributed by atoms with Gasteiger partial charge in [0.25, 0.3) is 0 Å². The van der Waals surface area contributed by atoms with Crippen LogP contribution in [0.15, 0.2) is 30.3 Å². The number of rotatable bonds is 16. The molecule has 0 aromatic heterocycles. The van der Waals surface area contributed by atoms with Gasteiger partial charge in [-0.25, -0.2) is 5.41 Å². The lowest BCUT2D eigenvalue weighted by Crippen LogP contribution is -2.45. The van der Waals surface area contributed by atoms with Crippen LogP contribution in [0.25, 0.3) is 0 Å². The third-order valence-electron chi connectivity index (χ3n) is 5.53. The molecule has 0 fully saturated rings. The van der Waals surface area contributed by atoms with Gasteiger partial charge in [-0.05, 0) is 31.2 Å². The topological polar surface area (TPSA) is 42.3 Å². The Morgan fingerprint density at radius 1 is 0.800 bits per heavy atom. The molecule has 0 aliphatic heterocycles. The molecule has 30 heavy (non-hydrogen) atoms. The molecule has 0 saturated heterocycles. The summed E-state index contributed by atoms with van der Waals surface area (Å²) in [6.45, 7) is 12.2. The van der Waals surface area contributed by atoms with E-state index in [-0.39, 0.29) is 6.08 Å². The van der Waals surface area contributed by atoms with E-state index in [0.29, 0.717) is 6.61 Å². The first-order chi connectivity index (χ1) is 14.2. The second-order valence-corrected chi connectivity index (χ2v) is 20.0. The number of ether oxygens (including phenoxy) is 1. The van der Waals surface area contributed by atoms with Crippen molar-refractivity contribution < 1.29 is 9.16 Å². The van der Waals surface area contributed by atoms with Gasteiger partial charge >= 0.3 is 6.08 Å². The third-order valence-corrected chi connectivity index (χ3v) is 14.9. The van der Waals surface area contributed by atoms with Gasteiger partial charge in [-0.3, -0.25) is 0 Å². The van der Waals surface area contributed by atoms with Crippen molar-refractivity contribution in [2.24, 2.45) is 0 Å². The lowest BCUT2D eigenvalue weighted by Gasteiger charge is -2.32. The molecule has 0 heterocycles. The van der Waals surface area contributed by atoms with E-state index >= 15 is 0 Å². The average molecular weight is 450 g/mol.